The van der Waals surface area contributed by atoms with Crippen LogP contribution in [0.1, 0.15) is 37.7 Å². The Hall–Kier alpha value is -0.900. The van der Waals surface area contributed by atoms with Gasteiger partial charge < -0.3 is 5.11 Å². The summed E-state index contributed by atoms with van der Waals surface area (Å²) >= 11 is 4.25. The molecule has 1 nitrogen and oxygen atoms in total. The molecule has 0 saturated carbocycles. The Labute approximate surface area is 154 Å². The second kappa shape index (κ2) is 8.98. The largest absolute Gasteiger partial charge is 0.396 e. The maximum atomic E-state index is 9.01. The van der Waals surface area contributed by atoms with Gasteiger partial charge in [0.15, 0.2) is 0 Å². The highest BCUT2D eigenvalue weighted by Gasteiger charge is 2.34. The van der Waals surface area contributed by atoms with E-state index in [9.17, 15) is 0 Å². The average Bonchev–Trinajstić information content (AvgIpc) is 2.67. The summed E-state index contributed by atoms with van der Waals surface area (Å²) < 4.78 is 0.211. The van der Waals surface area contributed by atoms with Crippen LogP contribution in [0.4, 0.5) is 0 Å². The van der Waals surface area contributed by atoms with Crippen LogP contribution in [-0.4, -0.2) is 23.2 Å². The highest BCUT2D eigenvalue weighted by Crippen LogP contribution is 2.53. The van der Waals surface area contributed by atoms with Gasteiger partial charge in [-0.3, -0.25) is 0 Å². The van der Waals surface area contributed by atoms with Crippen molar-refractivity contribution in [1.29, 1.82) is 0 Å². The summed E-state index contributed by atoms with van der Waals surface area (Å²) in [7, 11) is 0. The van der Waals surface area contributed by atoms with Crippen LogP contribution in [0.2, 0.25) is 0 Å². The molecule has 2 aromatic rings. The standard InChI is InChI=1S/C21H26OS2/c22-15-6-2-5-14-21(23-16-7-17-24-21)20-12-10-19(11-13-20)18-8-3-1-4-9-18/h1,3-4,8-13,22H,2,5-7,14-17H2. The lowest BCUT2D eigenvalue weighted by atomic mass is 10.0. The van der Waals surface area contributed by atoms with Gasteiger partial charge in [-0.1, -0.05) is 67.4 Å². The number of aliphatic hydroxyl groups is 1. The first-order valence-electron chi connectivity index (χ1n) is 8.89. The third-order valence-electron chi connectivity index (χ3n) is 4.55. The third kappa shape index (κ3) is 4.38. The molecule has 3 heteroatoms. The second-order valence-electron chi connectivity index (χ2n) is 6.28. The molecule has 1 fully saturated rings. The van der Waals surface area contributed by atoms with E-state index in [0.717, 1.165) is 12.8 Å². The van der Waals surface area contributed by atoms with Crippen LogP contribution >= 0.6 is 23.5 Å². The smallest absolute Gasteiger partial charge is 0.0860 e. The number of aliphatic hydroxyl groups excluding tert-OH is 1. The van der Waals surface area contributed by atoms with E-state index >= 15 is 0 Å². The SMILES string of the molecule is OCCCCCC1(c2ccc(-c3ccccc3)cc2)SCCCS1. The van der Waals surface area contributed by atoms with E-state index in [1.807, 2.05) is 0 Å². The van der Waals surface area contributed by atoms with E-state index in [-0.39, 0.29) is 4.08 Å². The van der Waals surface area contributed by atoms with E-state index in [1.54, 1.807) is 0 Å². The number of thioether (sulfide) groups is 2. The Bertz CT molecular complexity index is 603. The highest BCUT2D eigenvalue weighted by atomic mass is 32.2. The minimum absolute atomic E-state index is 0.211. The molecule has 1 aliphatic rings. The topological polar surface area (TPSA) is 20.2 Å². The molecule has 1 N–H and O–H groups in total. The monoisotopic (exact) mass is 358 g/mol. The van der Waals surface area contributed by atoms with Crippen LogP contribution in [0.5, 0.6) is 0 Å². The molecule has 1 aliphatic heterocycles. The van der Waals surface area contributed by atoms with Gasteiger partial charge in [-0.25, -0.2) is 0 Å². The van der Waals surface area contributed by atoms with Crippen molar-refractivity contribution in [2.75, 3.05) is 18.1 Å². The molecule has 0 atom stereocenters. The predicted octanol–water partition coefficient (Wildman–Crippen LogP) is 5.93. The summed E-state index contributed by atoms with van der Waals surface area (Å²) in [4.78, 5) is 0. The number of benzene rings is 2. The van der Waals surface area contributed by atoms with Crippen molar-refractivity contribution in [3.8, 4) is 11.1 Å². The summed E-state index contributed by atoms with van der Waals surface area (Å²) in [6.07, 6.45) is 5.77. The lowest BCUT2D eigenvalue weighted by Gasteiger charge is -2.37. The van der Waals surface area contributed by atoms with Gasteiger partial charge in [-0.05, 0) is 47.5 Å². The Kier molecular flexibility index (Phi) is 6.70. The first kappa shape index (κ1) is 17.9. The predicted molar refractivity (Wildman–Crippen MR) is 109 cm³/mol. The zero-order valence-electron chi connectivity index (χ0n) is 14.1. The van der Waals surface area contributed by atoms with Crippen molar-refractivity contribution in [2.45, 2.75) is 36.2 Å². The number of unbranched alkanes of at least 4 members (excludes halogenated alkanes) is 2. The molecule has 1 heterocycles. The minimum atomic E-state index is 0.211. The average molecular weight is 359 g/mol. The molecule has 2 aromatic carbocycles. The van der Waals surface area contributed by atoms with Gasteiger partial charge in [0, 0.05) is 6.61 Å². The Morgan fingerprint density at radius 2 is 1.46 bits per heavy atom. The van der Waals surface area contributed by atoms with E-state index < -0.39 is 0 Å². The molecular formula is C21H26OS2. The summed E-state index contributed by atoms with van der Waals surface area (Å²) in [5, 5.41) is 9.01. The summed E-state index contributed by atoms with van der Waals surface area (Å²) in [6.45, 7) is 0.319. The molecule has 0 spiro atoms. The molecule has 0 bridgehead atoms. The maximum absolute atomic E-state index is 9.01. The van der Waals surface area contributed by atoms with Crippen LogP contribution in [-0.2, 0) is 4.08 Å². The molecule has 0 aromatic heterocycles. The fourth-order valence-electron chi connectivity index (χ4n) is 3.22. The Morgan fingerprint density at radius 3 is 2.12 bits per heavy atom. The van der Waals surface area contributed by atoms with E-state index in [0.29, 0.717) is 6.61 Å². The molecule has 0 unspecified atom stereocenters. The van der Waals surface area contributed by atoms with Gasteiger partial charge in [0.1, 0.15) is 0 Å². The van der Waals surface area contributed by atoms with Gasteiger partial charge in [-0.2, -0.15) is 0 Å². The van der Waals surface area contributed by atoms with Crippen molar-refractivity contribution in [3.63, 3.8) is 0 Å². The van der Waals surface area contributed by atoms with Crippen molar-refractivity contribution < 1.29 is 5.11 Å². The van der Waals surface area contributed by atoms with Crippen LogP contribution in [0.25, 0.3) is 11.1 Å². The van der Waals surface area contributed by atoms with Crippen LogP contribution < -0.4 is 0 Å². The lowest BCUT2D eigenvalue weighted by Crippen LogP contribution is -2.22. The first-order chi connectivity index (χ1) is 11.8. The molecule has 24 heavy (non-hydrogen) atoms. The number of hydrogen-bond donors (Lipinski definition) is 1. The fourth-order valence-corrected chi connectivity index (χ4v) is 6.66. The van der Waals surface area contributed by atoms with Crippen molar-refractivity contribution in [3.05, 3.63) is 60.2 Å². The summed E-state index contributed by atoms with van der Waals surface area (Å²) in [5.41, 5.74) is 4.03. The highest BCUT2D eigenvalue weighted by molar-refractivity contribution is 8.18. The lowest BCUT2D eigenvalue weighted by molar-refractivity contribution is 0.282. The third-order valence-corrected chi connectivity index (χ3v) is 8.06. The number of rotatable bonds is 7. The summed E-state index contributed by atoms with van der Waals surface area (Å²) in [5.74, 6) is 2.51. The molecule has 0 amide bonds. The molecule has 128 valence electrons. The van der Waals surface area contributed by atoms with Gasteiger partial charge in [0.2, 0.25) is 0 Å². The molecule has 0 aliphatic carbocycles. The quantitative estimate of drug-likeness (QED) is 0.620. The van der Waals surface area contributed by atoms with E-state index in [2.05, 4.69) is 78.1 Å². The fraction of sp³-hybridized carbons (Fsp3) is 0.429. The molecule has 0 radical (unpaired) electrons. The van der Waals surface area contributed by atoms with Crippen LogP contribution in [0.15, 0.2) is 54.6 Å². The molecule has 3 rings (SSSR count). The van der Waals surface area contributed by atoms with Gasteiger partial charge in [0.05, 0.1) is 4.08 Å². The van der Waals surface area contributed by atoms with Crippen molar-refractivity contribution in [2.24, 2.45) is 0 Å². The molecule has 1 saturated heterocycles. The normalized spacial score (nSPS) is 16.9. The Morgan fingerprint density at radius 1 is 0.792 bits per heavy atom. The van der Waals surface area contributed by atoms with Gasteiger partial charge in [0.25, 0.3) is 0 Å². The van der Waals surface area contributed by atoms with Gasteiger partial charge >= 0.3 is 0 Å². The van der Waals surface area contributed by atoms with E-state index in [1.165, 1.54) is 47.5 Å². The van der Waals surface area contributed by atoms with Crippen molar-refractivity contribution in [1.82, 2.24) is 0 Å². The second-order valence-corrected chi connectivity index (χ2v) is 9.33. The zero-order chi connectivity index (χ0) is 16.7. The summed E-state index contributed by atoms with van der Waals surface area (Å²) in [6, 6.07) is 19.8. The molecular weight excluding hydrogens is 332 g/mol. The van der Waals surface area contributed by atoms with Crippen LogP contribution in [0, 0.1) is 0 Å². The van der Waals surface area contributed by atoms with E-state index in [4.69, 9.17) is 5.11 Å². The van der Waals surface area contributed by atoms with Gasteiger partial charge in [-0.15, -0.1) is 23.5 Å². The minimum Gasteiger partial charge on any atom is -0.396 e. The number of hydrogen-bond acceptors (Lipinski definition) is 3. The maximum Gasteiger partial charge on any atom is 0.0860 e. The Balaban J connectivity index is 1.77. The first-order valence-corrected chi connectivity index (χ1v) is 10.9. The zero-order valence-corrected chi connectivity index (χ0v) is 15.7. The van der Waals surface area contributed by atoms with Crippen LogP contribution in [0.3, 0.4) is 0 Å². The van der Waals surface area contributed by atoms with Crippen molar-refractivity contribution >= 4 is 23.5 Å².